The molecule has 0 radical (unpaired) electrons. The van der Waals surface area contributed by atoms with Crippen LogP contribution in [0.25, 0.3) is 0 Å². The second-order valence-electron chi connectivity index (χ2n) is 10.2. The van der Waals surface area contributed by atoms with Crippen molar-refractivity contribution in [2.24, 2.45) is 0 Å². The van der Waals surface area contributed by atoms with Crippen LogP contribution >= 0.6 is 0 Å². The van der Waals surface area contributed by atoms with Crippen molar-refractivity contribution < 1.29 is 19.8 Å². The van der Waals surface area contributed by atoms with Crippen LogP contribution in [0.2, 0.25) is 0 Å². The van der Waals surface area contributed by atoms with Crippen molar-refractivity contribution in [3.63, 3.8) is 0 Å². The SMILES string of the molecule is Cc1c(O)c(=O)ccn1CCC(=O)NCCCN1CCN(CCCNC(=O)CCn2ccc(=O)c(O)c2C)CC1. The minimum Gasteiger partial charge on any atom is -0.503 e. The number of nitrogens with one attached hydrogen (secondary N) is 2. The molecule has 1 fully saturated rings. The number of hydrogen-bond donors (Lipinski definition) is 4. The third-order valence-electron chi connectivity index (χ3n) is 7.40. The maximum atomic E-state index is 12.2. The lowest BCUT2D eigenvalue weighted by Gasteiger charge is -2.34. The number of aromatic hydroxyl groups is 2. The van der Waals surface area contributed by atoms with Gasteiger partial charge in [0.2, 0.25) is 22.7 Å². The first-order chi connectivity index (χ1) is 19.2. The van der Waals surface area contributed by atoms with Crippen molar-refractivity contribution in [3.05, 3.63) is 56.4 Å². The highest BCUT2D eigenvalue weighted by atomic mass is 16.3. The van der Waals surface area contributed by atoms with Gasteiger partial charge in [-0.25, -0.2) is 0 Å². The maximum absolute atomic E-state index is 12.2. The first-order valence-corrected chi connectivity index (χ1v) is 13.9. The minimum atomic E-state index is -0.418. The predicted molar refractivity (Wildman–Crippen MR) is 152 cm³/mol. The molecule has 0 aliphatic carbocycles. The summed E-state index contributed by atoms with van der Waals surface area (Å²) in [6.45, 7) is 11.1. The summed E-state index contributed by atoms with van der Waals surface area (Å²) in [6, 6.07) is 2.60. The van der Waals surface area contributed by atoms with Crippen LogP contribution < -0.4 is 21.5 Å². The Morgan fingerprint density at radius 1 is 0.700 bits per heavy atom. The first-order valence-electron chi connectivity index (χ1n) is 13.9. The van der Waals surface area contributed by atoms with Crippen LogP contribution in [0.5, 0.6) is 11.5 Å². The molecule has 1 aliphatic heterocycles. The van der Waals surface area contributed by atoms with Crippen molar-refractivity contribution >= 4 is 11.8 Å². The highest BCUT2D eigenvalue weighted by molar-refractivity contribution is 5.76. The van der Waals surface area contributed by atoms with Crippen LogP contribution in [-0.2, 0) is 22.7 Å². The van der Waals surface area contributed by atoms with Gasteiger partial charge >= 0.3 is 0 Å². The van der Waals surface area contributed by atoms with E-state index in [0.717, 1.165) is 52.1 Å². The number of nitrogens with zero attached hydrogens (tertiary/aromatic N) is 4. The number of piperazine rings is 1. The molecule has 0 aromatic carbocycles. The summed E-state index contributed by atoms with van der Waals surface area (Å²) >= 11 is 0. The molecule has 0 bridgehead atoms. The lowest BCUT2D eigenvalue weighted by molar-refractivity contribution is -0.122. The van der Waals surface area contributed by atoms with Crippen molar-refractivity contribution in [2.75, 3.05) is 52.4 Å². The van der Waals surface area contributed by atoms with E-state index in [2.05, 4.69) is 20.4 Å². The van der Waals surface area contributed by atoms with Crippen molar-refractivity contribution in [2.45, 2.75) is 52.6 Å². The molecule has 3 rings (SSSR count). The molecule has 4 N–H and O–H groups in total. The van der Waals surface area contributed by atoms with Gasteiger partial charge in [-0.1, -0.05) is 0 Å². The Bertz CT molecular complexity index is 1170. The Morgan fingerprint density at radius 3 is 1.45 bits per heavy atom. The second-order valence-corrected chi connectivity index (χ2v) is 10.2. The number of aryl methyl sites for hydroxylation is 2. The zero-order valence-electron chi connectivity index (χ0n) is 23.5. The van der Waals surface area contributed by atoms with E-state index >= 15 is 0 Å². The monoisotopic (exact) mass is 558 g/mol. The molecule has 40 heavy (non-hydrogen) atoms. The highest BCUT2D eigenvalue weighted by Crippen LogP contribution is 2.11. The van der Waals surface area contributed by atoms with Gasteiger partial charge in [0.05, 0.1) is 11.4 Å². The van der Waals surface area contributed by atoms with Gasteiger partial charge in [-0.2, -0.15) is 0 Å². The van der Waals surface area contributed by atoms with Gasteiger partial charge in [-0.3, -0.25) is 19.2 Å². The second kappa shape index (κ2) is 15.2. The molecule has 2 aromatic heterocycles. The molecule has 0 saturated carbocycles. The third-order valence-corrected chi connectivity index (χ3v) is 7.40. The Morgan fingerprint density at radius 2 is 1.07 bits per heavy atom. The lowest BCUT2D eigenvalue weighted by atomic mass is 10.2. The van der Waals surface area contributed by atoms with E-state index in [9.17, 15) is 29.4 Å². The fourth-order valence-corrected chi connectivity index (χ4v) is 4.73. The molecule has 0 atom stereocenters. The van der Waals surface area contributed by atoms with E-state index in [1.165, 1.54) is 12.1 Å². The molecule has 2 aromatic rings. The van der Waals surface area contributed by atoms with Crippen molar-refractivity contribution in [1.82, 2.24) is 29.6 Å². The Hall–Kier alpha value is -3.64. The van der Waals surface area contributed by atoms with Crippen LogP contribution in [0.1, 0.15) is 37.1 Å². The Labute approximate surface area is 234 Å². The standard InChI is InChI=1S/C28H42N6O6/c1-21-27(39)23(35)5-13-33(21)15-7-25(37)29-9-3-11-31-17-19-32(20-18-31)12-4-10-30-26(38)8-16-34-14-6-24(36)28(40)22(34)2/h5-6,13-14,39-40H,3-4,7-12,15-20H2,1-2H3,(H,29,37)(H,30,38). The van der Waals surface area contributed by atoms with Gasteiger partial charge < -0.3 is 39.8 Å². The van der Waals surface area contributed by atoms with E-state index in [1.807, 2.05) is 0 Å². The highest BCUT2D eigenvalue weighted by Gasteiger charge is 2.16. The number of carbonyl (C=O) groups is 2. The quantitative estimate of drug-likeness (QED) is 0.240. The molecule has 12 nitrogen and oxygen atoms in total. The van der Waals surface area contributed by atoms with Crippen LogP contribution in [0.15, 0.2) is 34.1 Å². The topological polar surface area (TPSA) is 149 Å². The van der Waals surface area contributed by atoms with Gasteiger partial charge in [-0.05, 0) is 39.8 Å². The number of rotatable bonds is 14. The number of hydrogen-bond acceptors (Lipinski definition) is 8. The normalized spacial score (nSPS) is 14.2. The summed E-state index contributed by atoms with van der Waals surface area (Å²) in [6.07, 6.45) is 5.48. The van der Waals surface area contributed by atoms with Crippen LogP contribution in [0.4, 0.5) is 0 Å². The average Bonchev–Trinajstić information content (AvgIpc) is 2.95. The molecule has 0 unspecified atom stereocenters. The summed E-state index contributed by atoms with van der Waals surface area (Å²) in [5, 5.41) is 25.4. The zero-order valence-corrected chi connectivity index (χ0v) is 23.5. The molecular weight excluding hydrogens is 516 g/mol. The number of aromatic nitrogens is 2. The average molecular weight is 559 g/mol. The van der Waals surface area contributed by atoms with E-state index in [4.69, 9.17) is 0 Å². The number of pyridine rings is 2. The summed E-state index contributed by atoms with van der Waals surface area (Å²) in [7, 11) is 0. The van der Waals surface area contributed by atoms with E-state index in [-0.39, 0.29) is 36.2 Å². The van der Waals surface area contributed by atoms with Gasteiger partial charge in [0.25, 0.3) is 0 Å². The minimum absolute atomic E-state index is 0.0550. The van der Waals surface area contributed by atoms with E-state index in [1.54, 1.807) is 35.4 Å². The van der Waals surface area contributed by atoms with Gasteiger partial charge in [0.1, 0.15) is 0 Å². The van der Waals surface area contributed by atoms with Gasteiger partial charge in [0, 0.05) is 89.7 Å². The van der Waals surface area contributed by atoms with Crippen molar-refractivity contribution in [3.8, 4) is 11.5 Å². The summed E-state index contributed by atoms with van der Waals surface area (Å²) in [5.74, 6) is -0.659. The fourth-order valence-electron chi connectivity index (χ4n) is 4.73. The van der Waals surface area contributed by atoms with Crippen LogP contribution in [0.3, 0.4) is 0 Å². The molecular formula is C28H42N6O6. The lowest BCUT2D eigenvalue weighted by Crippen LogP contribution is -2.47. The predicted octanol–water partition coefficient (Wildman–Crippen LogP) is 0.149. The summed E-state index contributed by atoms with van der Waals surface area (Å²) in [5.41, 5.74) is 0.0826. The Kier molecular flexibility index (Phi) is 11.8. The maximum Gasteiger partial charge on any atom is 0.223 e. The van der Waals surface area contributed by atoms with Gasteiger partial charge in [0.15, 0.2) is 11.5 Å². The third kappa shape index (κ3) is 9.23. The zero-order chi connectivity index (χ0) is 29.1. The van der Waals surface area contributed by atoms with Gasteiger partial charge in [-0.15, -0.1) is 0 Å². The first kappa shape index (κ1) is 30.9. The van der Waals surface area contributed by atoms with Crippen LogP contribution in [-0.4, -0.2) is 93.3 Å². The molecule has 3 heterocycles. The summed E-state index contributed by atoms with van der Waals surface area (Å²) in [4.78, 5) is 52.0. The molecule has 2 amide bonds. The fraction of sp³-hybridized carbons (Fsp3) is 0.571. The molecule has 1 saturated heterocycles. The van der Waals surface area contributed by atoms with Crippen molar-refractivity contribution in [1.29, 1.82) is 0 Å². The van der Waals surface area contributed by atoms with E-state index < -0.39 is 10.9 Å². The van der Waals surface area contributed by atoms with E-state index in [0.29, 0.717) is 37.6 Å². The van der Waals surface area contributed by atoms with Crippen LogP contribution in [0, 0.1) is 13.8 Å². The number of carbonyl (C=O) groups excluding carboxylic acids is 2. The Balaban J connectivity index is 1.20. The molecule has 1 aliphatic rings. The summed E-state index contributed by atoms with van der Waals surface area (Å²) < 4.78 is 3.41. The largest absolute Gasteiger partial charge is 0.503 e. The smallest absolute Gasteiger partial charge is 0.223 e. The molecule has 220 valence electrons. The number of amides is 2. The molecule has 0 spiro atoms. The molecule has 12 heteroatoms.